The molecule has 2 amide bonds. The average Bonchev–Trinajstić information content (AvgIpc) is 2.81. The van der Waals surface area contributed by atoms with Crippen LogP contribution in [-0.2, 0) is 19.6 Å². The lowest BCUT2D eigenvalue weighted by atomic mass is 10.3. The highest BCUT2D eigenvalue weighted by atomic mass is 32.2. The van der Waals surface area contributed by atoms with Crippen LogP contribution in [0.5, 0.6) is 11.5 Å². The van der Waals surface area contributed by atoms with Gasteiger partial charge in [-0.25, -0.2) is 8.42 Å². The van der Waals surface area contributed by atoms with Gasteiger partial charge in [0.05, 0.1) is 23.7 Å². The molecule has 0 unspecified atom stereocenters. The second kappa shape index (κ2) is 12.3. The van der Waals surface area contributed by atoms with E-state index in [9.17, 15) is 18.0 Å². The van der Waals surface area contributed by atoms with Gasteiger partial charge in [0.1, 0.15) is 11.5 Å². The Hall–Kier alpha value is -3.27. The number of ether oxygens (including phenoxy) is 2. The van der Waals surface area contributed by atoms with E-state index in [1.165, 1.54) is 28.4 Å². The molecule has 2 rings (SSSR count). The molecule has 0 saturated heterocycles. The molecule has 0 fully saturated rings. The van der Waals surface area contributed by atoms with Gasteiger partial charge in [0.2, 0.25) is 5.91 Å². The minimum atomic E-state index is -3.76. The summed E-state index contributed by atoms with van der Waals surface area (Å²) < 4.78 is 37.9. The Labute approximate surface area is 201 Å². The van der Waals surface area contributed by atoms with Crippen LogP contribution in [-0.4, -0.2) is 64.5 Å². The summed E-state index contributed by atoms with van der Waals surface area (Å²) in [5, 5.41) is 2.75. The van der Waals surface area contributed by atoms with Gasteiger partial charge in [-0.3, -0.25) is 13.9 Å². The van der Waals surface area contributed by atoms with Crippen LogP contribution in [0.2, 0.25) is 0 Å². The molecule has 0 aliphatic heterocycles. The van der Waals surface area contributed by atoms with Crippen molar-refractivity contribution in [1.82, 2.24) is 10.2 Å². The molecule has 1 N–H and O–H groups in total. The predicted molar refractivity (Wildman–Crippen MR) is 131 cm³/mol. The summed E-state index contributed by atoms with van der Waals surface area (Å²) in [6.45, 7) is 7.94. The number of nitrogens with one attached hydrogen (secondary N) is 1. The maximum atomic E-state index is 12.9. The van der Waals surface area contributed by atoms with Crippen LogP contribution in [0.1, 0.15) is 27.7 Å². The zero-order chi connectivity index (χ0) is 25.3. The average molecular weight is 492 g/mol. The summed E-state index contributed by atoms with van der Waals surface area (Å²) in [6.07, 6.45) is 0. The molecule has 0 spiro atoms. The molecule has 0 atom stereocenters. The predicted octanol–water partition coefficient (Wildman–Crippen LogP) is 2.66. The molecule has 10 heteroatoms. The van der Waals surface area contributed by atoms with Crippen molar-refractivity contribution in [3.05, 3.63) is 48.5 Å². The third-order valence-corrected chi connectivity index (χ3v) is 6.67. The fraction of sp³-hybridized carbons (Fsp3) is 0.417. The highest BCUT2D eigenvalue weighted by Crippen LogP contribution is 2.25. The van der Waals surface area contributed by atoms with Gasteiger partial charge in [-0.15, -0.1) is 0 Å². The number of sulfonamides is 1. The smallest absolute Gasteiger partial charge is 0.264 e. The first-order valence-corrected chi connectivity index (χ1v) is 12.5. The second-order valence-corrected chi connectivity index (χ2v) is 9.76. The SMILES string of the molecule is CCOc1ccc(S(=O)(=O)N(C)c2ccc(OCC(=O)N(CC)CC(=O)NC(C)C)cc2)cc1. The van der Waals surface area contributed by atoms with Gasteiger partial charge in [-0.1, -0.05) is 0 Å². The summed E-state index contributed by atoms with van der Waals surface area (Å²) in [5.74, 6) is 0.459. The van der Waals surface area contributed by atoms with Crippen molar-refractivity contribution in [2.75, 3.05) is 37.7 Å². The van der Waals surface area contributed by atoms with E-state index in [4.69, 9.17) is 9.47 Å². The van der Waals surface area contributed by atoms with Crippen molar-refractivity contribution in [3.8, 4) is 11.5 Å². The van der Waals surface area contributed by atoms with Crippen molar-refractivity contribution in [3.63, 3.8) is 0 Å². The third-order valence-electron chi connectivity index (χ3n) is 4.87. The van der Waals surface area contributed by atoms with Crippen molar-refractivity contribution in [2.45, 2.75) is 38.6 Å². The highest BCUT2D eigenvalue weighted by Gasteiger charge is 2.22. The molecule has 2 aromatic rings. The number of carbonyl (C=O) groups excluding carboxylic acids is 2. The van der Waals surface area contributed by atoms with Crippen LogP contribution in [0, 0.1) is 0 Å². The standard InChI is InChI=1S/C24H33N3O6S/c1-6-27(16-23(28)25-18(3)4)24(29)17-33-21-10-8-19(9-11-21)26(5)34(30,31)22-14-12-20(13-15-22)32-7-2/h8-15,18H,6-7,16-17H2,1-5H3,(H,25,28). The lowest BCUT2D eigenvalue weighted by Gasteiger charge is -2.22. The first kappa shape index (κ1) is 27.0. The van der Waals surface area contributed by atoms with Crippen molar-refractivity contribution < 1.29 is 27.5 Å². The first-order valence-electron chi connectivity index (χ1n) is 11.1. The number of carbonyl (C=O) groups is 2. The summed E-state index contributed by atoms with van der Waals surface area (Å²) in [7, 11) is -2.29. The van der Waals surface area contributed by atoms with Gasteiger partial charge in [-0.2, -0.15) is 0 Å². The molecule has 0 radical (unpaired) electrons. The molecule has 34 heavy (non-hydrogen) atoms. The van der Waals surface area contributed by atoms with Crippen LogP contribution < -0.4 is 19.1 Å². The summed E-state index contributed by atoms with van der Waals surface area (Å²) >= 11 is 0. The number of likely N-dealkylation sites (N-methyl/N-ethyl adjacent to an activating group) is 1. The molecule has 0 saturated carbocycles. The number of hydrogen-bond donors (Lipinski definition) is 1. The van der Waals surface area contributed by atoms with Crippen LogP contribution in [0.25, 0.3) is 0 Å². The lowest BCUT2D eigenvalue weighted by Crippen LogP contribution is -2.44. The van der Waals surface area contributed by atoms with E-state index in [0.717, 1.165) is 0 Å². The summed E-state index contributed by atoms with van der Waals surface area (Å²) in [6, 6.07) is 12.6. The Morgan fingerprint density at radius 2 is 1.50 bits per heavy atom. The maximum absolute atomic E-state index is 12.9. The van der Waals surface area contributed by atoms with E-state index in [0.29, 0.717) is 30.3 Å². The molecule has 0 aliphatic rings. The van der Waals surface area contributed by atoms with Crippen molar-refractivity contribution in [1.29, 1.82) is 0 Å². The number of rotatable bonds is 12. The molecule has 186 valence electrons. The van der Waals surface area contributed by atoms with Crippen LogP contribution in [0.15, 0.2) is 53.4 Å². The molecule has 0 heterocycles. The van der Waals surface area contributed by atoms with E-state index >= 15 is 0 Å². The van der Waals surface area contributed by atoms with Gasteiger partial charge in [0.15, 0.2) is 6.61 Å². The zero-order valence-corrected chi connectivity index (χ0v) is 21.1. The normalized spacial score (nSPS) is 11.1. The number of anilines is 1. The van der Waals surface area contributed by atoms with Crippen molar-refractivity contribution >= 4 is 27.5 Å². The van der Waals surface area contributed by atoms with E-state index < -0.39 is 10.0 Å². The topological polar surface area (TPSA) is 105 Å². The Bertz CT molecular complexity index is 1050. The lowest BCUT2D eigenvalue weighted by molar-refractivity contribution is -0.137. The van der Waals surface area contributed by atoms with Gasteiger partial charge >= 0.3 is 0 Å². The minimum Gasteiger partial charge on any atom is -0.494 e. The van der Waals surface area contributed by atoms with Gasteiger partial charge in [-0.05, 0) is 76.2 Å². The fourth-order valence-electron chi connectivity index (χ4n) is 3.08. The van der Waals surface area contributed by atoms with E-state index in [1.807, 2.05) is 20.8 Å². The van der Waals surface area contributed by atoms with Gasteiger partial charge < -0.3 is 19.7 Å². The van der Waals surface area contributed by atoms with E-state index in [1.54, 1.807) is 43.3 Å². The number of hydrogen-bond acceptors (Lipinski definition) is 6. The molecule has 0 bridgehead atoms. The largest absolute Gasteiger partial charge is 0.494 e. The van der Waals surface area contributed by atoms with Gasteiger partial charge in [0.25, 0.3) is 15.9 Å². The monoisotopic (exact) mass is 491 g/mol. The van der Waals surface area contributed by atoms with Crippen LogP contribution >= 0.6 is 0 Å². The molecular weight excluding hydrogens is 458 g/mol. The summed E-state index contributed by atoms with van der Waals surface area (Å²) in [4.78, 5) is 25.9. The molecular formula is C24H33N3O6S. The van der Waals surface area contributed by atoms with Gasteiger partial charge in [0, 0.05) is 19.6 Å². The molecule has 0 aliphatic carbocycles. The van der Waals surface area contributed by atoms with E-state index in [2.05, 4.69) is 5.32 Å². The number of amides is 2. The second-order valence-electron chi connectivity index (χ2n) is 7.79. The molecule has 2 aromatic carbocycles. The summed E-state index contributed by atoms with van der Waals surface area (Å²) in [5.41, 5.74) is 0.438. The molecule has 0 aromatic heterocycles. The van der Waals surface area contributed by atoms with Crippen LogP contribution in [0.4, 0.5) is 5.69 Å². The quantitative estimate of drug-likeness (QED) is 0.489. The minimum absolute atomic E-state index is 0.00699. The number of nitrogens with zero attached hydrogens (tertiary/aromatic N) is 2. The first-order chi connectivity index (χ1) is 16.1. The number of benzene rings is 2. The fourth-order valence-corrected chi connectivity index (χ4v) is 4.27. The van der Waals surface area contributed by atoms with E-state index in [-0.39, 0.29) is 35.9 Å². The Kier molecular flexibility index (Phi) is 9.73. The third kappa shape index (κ3) is 7.38. The van der Waals surface area contributed by atoms with Crippen molar-refractivity contribution in [2.24, 2.45) is 0 Å². The zero-order valence-electron chi connectivity index (χ0n) is 20.3. The maximum Gasteiger partial charge on any atom is 0.264 e. The molecule has 9 nitrogen and oxygen atoms in total. The Balaban J connectivity index is 1.99. The highest BCUT2D eigenvalue weighted by molar-refractivity contribution is 7.92. The van der Waals surface area contributed by atoms with Crippen LogP contribution in [0.3, 0.4) is 0 Å². The Morgan fingerprint density at radius 3 is 2.03 bits per heavy atom. The Morgan fingerprint density at radius 1 is 0.941 bits per heavy atom.